The van der Waals surface area contributed by atoms with Gasteiger partial charge in [-0.05, 0) is 34.6 Å². The molecule has 0 aliphatic rings. The van der Waals surface area contributed by atoms with Crippen LogP contribution in [0.5, 0.6) is 0 Å². The predicted octanol–water partition coefficient (Wildman–Crippen LogP) is 4.37. The van der Waals surface area contributed by atoms with Crippen molar-refractivity contribution >= 4 is 5.97 Å². The Morgan fingerprint density at radius 1 is 1.12 bits per heavy atom. The monoisotopic (exact) mass is 347 g/mol. The van der Waals surface area contributed by atoms with Crippen LogP contribution in [0.4, 0.5) is 0 Å². The van der Waals surface area contributed by atoms with Gasteiger partial charge in [0.25, 0.3) is 5.76 Å². The van der Waals surface area contributed by atoms with Crippen molar-refractivity contribution in [1.82, 2.24) is 5.16 Å². The lowest BCUT2D eigenvalue weighted by molar-refractivity contribution is -0.140. The SMILES string of the molecule is CCOC(OCC)c1c(-c2ccccc2)noc1C(=O)OC(C)(C)C. The number of hydrogen-bond donors (Lipinski definition) is 0. The van der Waals surface area contributed by atoms with Crippen molar-refractivity contribution in [3.8, 4) is 11.3 Å². The summed E-state index contributed by atoms with van der Waals surface area (Å²) in [5, 5.41) is 4.09. The second-order valence-electron chi connectivity index (χ2n) is 6.38. The van der Waals surface area contributed by atoms with Gasteiger partial charge in [-0.15, -0.1) is 0 Å². The Balaban J connectivity index is 2.52. The fraction of sp³-hybridized carbons (Fsp3) is 0.474. The number of nitrogens with zero attached hydrogens (tertiary/aromatic N) is 1. The van der Waals surface area contributed by atoms with E-state index in [0.717, 1.165) is 5.56 Å². The minimum absolute atomic E-state index is 0.000628. The molecule has 0 spiro atoms. The number of carbonyl (C=O) groups excluding carboxylic acids is 1. The second kappa shape index (κ2) is 8.27. The van der Waals surface area contributed by atoms with Gasteiger partial charge in [0.1, 0.15) is 11.3 Å². The Bertz CT molecular complexity index is 682. The van der Waals surface area contributed by atoms with E-state index in [1.165, 1.54) is 0 Å². The summed E-state index contributed by atoms with van der Waals surface area (Å²) in [7, 11) is 0. The van der Waals surface area contributed by atoms with Crippen molar-refractivity contribution in [2.24, 2.45) is 0 Å². The molecule has 0 amide bonds. The van der Waals surface area contributed by atoms with Crippen molar-refractivity contribution in [2.75, 3.05) is 13.2 Å². The van der Waals surface area contributed by atoms with Gasteiger partial charge in [0.05, 0.1) is 5.56 Å². The van der Waals surface area contributed by atoms with Crippen LogP contribution in [0.25, 0.3) is 11.3 Å². The maximum atomic E-state index is 12.6. The molecule has 0 saturated carbocycles. The number of hydrogen-bond acceptors (Lipinski definition) is 6. The molecule has 0 aliphatic carbocycles. The van der Waals surface area contributed by atoms with E-state index in [9.17, 15) is 4.79 Å². The van der Waals surface area contributed by atoms with Crippen molar-refractivity contribution in [3.63, 3.8) is 0 Å². The number of rotatable bonds is 7. The maximum absolute atomic E-state index is 12.6. The van der Waals surface area contributed by atoms with E-state index in [4.69, 9.17) is 18.7 Å². The molecular formula is C19H25NO5. The van der Waals surface area contributed by atoms with Crippen LogP contribution in [0.3, 0.4) is 0 Å². The highest BCUT2D eigenvalue weighted by atomic mass is 16.7. The zero-order valence-electron chi connectivity index (χ0n) is 15.4. The number of aromatic nitrogens is 1. The van der Waals surface area contributed by atoms with Crippen molar-refractivity contribution in [1.29, 1.82) is 0 Å². The van der Waals surface area contributed by atoms with Gasteiger partial charge in [-0.2, -0.15) is 0 Å². The molecule has 0 N–H and O–H groups in total. The summed E-state index contributed by atoms with van der Waals surface area (Å²) < 4.78 is 22.1. The highest BCUT2D eigenvalue weighted by Gasteiger charge is 2.33. The zero-order chi connectivity index (χ0) is 18.4. The highest BCUT2D eigenvalue weighted by molar-refractivity contribution is 5.90. The lowest BCUT2D eigenvalue weighted by Crippen LogP contribution is -2.25. The molecule has 6 nitrogen and oxygen atoms in total. The average Bonchev–Trinajstić information content (AvgIpc) is 2.99. The summed E-state index contributed by atoms with van der Waals surface area (Å²) >= 11 is 0. The van der Waals surface area contributed by atoms with E-state index in [0.29, 0.717) is 24.5 Å². The van der Waals surface area contributed by atoms with Crippen molar-refractivity contribution in [3.05, 3.63) is 41.7 Å². The summed E-state index contributed by atoms with van der Waals surface area (Å²) in [5.74, 6) is -0.595. The fourth-order valence-electron chi connectivity index (χ4n) is 2.31. The highest BCUT2D eigenvalue weighted by Crippen LogP contribution is 2.34. The second-order valence-corrected chi connectivity index (χ2v) is 6.38. The Morgan fingerprint density at radius 2 is 1.72 bits per heavy atom. The molecule has 0 radical (unpaired) electrons. The van der Waals surface area contributed by atoms with Crippen LogP contribution in [0.15, 0.2) is 34.9 Å². The van der Waals surface area contributed by atoms with Gasteiger partial charge in [-0.25, -0.2) is 4.79 Å². The third kappa shape index (κ3) is 4.90. The Labute approximate surface area is 148 Å². The maximum Gasteiger partial charge on any atom is 0.378 e. The molecule has 25 heavy (non-hydrogen) atoms. The molecule has 0 unspecified atom stereocenters. The van der Waals surface area contributed by atoms with E-state index in [1.807, 2.05) is 44.2 Å². The molecule has 1 aromatic heterocycles. The van der Waals surface area contributed by atoms with Crippen LogP contribution < -0.4 is 0 Å². The third-order valence-corrected chi connectivity index (χ3v) is 3.23. The minimum Gasteiger partial charge on any atom is -0.454 e. The van der Waals surface area contributed by atoms with Gasteiger partial charge in [0, 0.05) is 18.8 Å². The molecule has 0 atom stereocenters. The molecule has 1 aromatic carbocycles. The van der Waals surface area contributed by atoms with E-state index in [1.54, 1.807) is 20.8 Å². The number of esters is 1. The van der Waals surface area contributed by atoms with Crippen LogP contribution in [-0.4, -0.2) is 29.9 Å². The van der Waals surface area contributed by atoms with Crippen LogP contribution in [-0.2, 0) is 14.2 Å². The van der Waals surface area contributed by atoms with Crippen LogP contribution in [0.1, 0.15) is 57.0 Å². The Kier molecular flexibility index (Phi) is 6.33. The fourth-order valence-corrected chi connectivity index (χ4v) is 2.31. The summed E-state index contributed by atoms with van der Waals surface area (Å²) in [5.41, 5.74) is 1.11. The smallest absolute Gasteiger partial charge is 0.378 e. The topological polar surface area (TPSA) is 70.8 Å². The van der Waals surface area contributed by atoms with Gasteiger partial charge in [-0.1, -0.05) is 35.5 Å². The van der Waals surface area contributed by atoms with Gasteiger partial charge in [0.15, 0.2) is 6.29 Å². The quantitative estimate of drug-likeness (QED) is 0.547. The number of benzene rings is 1. The first-order chi connectivity index (χ1) is 11.9. The van der Waals surface area contributed by atoms with Gasteiger partial charge in [0.2, 0.25) is 0 Å². The van der Waals surface area contributed by atoms with Gasteiger partial charge >= 0.3 is 5.97 Å². The van der Waals surface area contributed by atoms with E-state index >= 15 is 0 Å². The van der Waals surface area contributed by atoms with E-state index in [2.05, 4.69) is 5.16 Å². The van der Waals surface area contributed by atoms with Crippen LogP contribution in [0, 0.1) is 0 Å². The molecule has 0 fully saturated rings. The standard InChI is InChI=1S/C19H25NO5/c1-6-22-18(23-7-2)14-15(13-11-9-8-10-12-13)20-25-16(14)17(21)24-19(3,4)5/h8-12,18H,6-7H2,1-5H3. The minimum atomic E-state index is -0.765. The van der Waals surface area contributed by atoms with Crippen LogP contribution >= 0.6 is 0 Å². The Hall–Kier alpha value is -2.18. The zero-order valence-corrected chi connectivity index (χ0v) is 15.4. The largest absolute Gasteiger partial charge is 0.454 e. The molecular weight excluding hydrogens is 322 g/mol. The molecule has 2 rings (SSSR count). The van der Waals surface area contributed by atoms with Crippen molar-refractivity contribution in [2.45, 2.75) is 46.5 Å². The van der Waals surface area contributed by atoms with Crippen molar-refractivity contribution < 1.29 is 23.5 Å². The van der Waals surface area contributed by atoms with Gasteiger partial charge < -0.3 is 18.7 Å². The molecule has 1 heterocycles. The summed E-state index contributed by atoms with van der Waals surface area (Å²) in [4.78, 5) is 12.6. The summed E-state index contributed by atoms with van der Waals surface area (Å²) in [6, 6.07) is 9.44. The van der Waals surface area contributed by atoms with E-state index < -0.39 is 17.9 Å². The molecule has 6 heteroatoms. The number of ether oxygens (including phenoxy) is 3. The lowest BCUT2D eigenvalue weighted by Gasteiger charge is -2.20. The van der Waals surface area contributed by atoms with Gasteiger partial charge in [-0.3, -0.25) is 0 Å². The summed E-state index contributed by atoms with van der Waals surface area (Å²) in [6.07, 6.45) is -0.765. The first-order valence-electron chi connectivity index (χ1n) is 8.39. The number of carbonyl (C=O) groups is 1. The normalized spacial score (nSPS) is 11.8. The van der Waals surface area contributed by atoms with Crippen LogP contribution in [0.2, 0.25) is 0 Å². The third-order valence-electron chi connectivity index (χ3n) is 3.23. The Morgan fingerprint density at radius 3 is 2.24 bits per heavy atom. The lowest BCUT2D eigenvalue weighted by atomic mass is 10.1. The molecule has 2 aromatic rings. The first kappa shape index (κ1) is 19.1. The van der Waals surface area contributed by atoms with E-state index in [-0.39, 0.29) is 5.76 Å². The summed E-state index contributed by atoms with van der Waals surface area (Å²) in [6.45, 7) is 9.92. The average molecular weight is 347 g/mol. The first-order valence-corrected chi connectivity index (χ1v) is 8.39. The molecule has 0 saturated heterocycles. The predicted molar refractivity (Wildman–Crippen MR) is 93.1 cm³/mol. The molecule has 0 aliphatic heterocycles. The molecule has 0 bridgehead atoms. The molecule has 136 valence electrons.